The number of carbonyl (C=O) groups excluding carboxylic acids is 1. The molecule has 0 unspecified atom stereocenters. The SMILES string of the molecule is Cc1ccccc1CNC(=O)N1CCN(c2cccc(Cl)c2Cl)CC1. The number of piperazine rings is 1. The molecule has 6 heteroatoms. The van der Waals surface area contributed by atoms with Crippen molar-refractivity contribution in [2.45, 2.75) is 13.5 Å². The number of aryl methyl sites for hydroxylation is 1. The summed E-state index contributed by atoms with van der Waals surface area (Å²) in [6.07, 6.45) is 0. The predicted octanol–water partition coefficient (Wildman–Crippen LogP) is 4.33. The summed E-state index contributed by atoms with van der Waals surface area (Å²) in [5.41, 5.74) is 3.25. The molecule has 0 bridgehead atoms. The van der Waals surface area contributed by atoms with Gasteiger partial charge >= 0.3 is 6.03 Å². The van der Waals surface area contributed by atoms with E-state index < -0.39 is 0 Å². The molecule has 0 aromatic heterocycles. The minimum atomic E-state index is -0.0277. The minimum absolute atomic E-state index is 0.0277. The van der Waals surface area contributed by atoms with Crippen LogP contribution < -0.4 is 10.2 Å². The molecule has 1 aliphatic rings. The summed E-state index contributed by atoms with van der Waals surface area (Å²) in [6, 6.07) is 13.7. The molecule has 2 aromatic rings. The second-order valence-electron chi connectivity index (χ2n) is 6.13. The van der Waals surface area contributed by atoms with Crippen LogP contribution in [0.1, 0.15) is 11.1 Å². The molecule has 1 N–H and O–H groups in total. The van der Waals surface area contributed by atoms with Crippen LogP contribution in [0.3, 0.4) is 0 Å². The summed E-state index contributed by atoms with van der Waals surface area (Å²) in [6.45, 7) is 5.38. The highest BCUT2D eigenvalue weighted by Crippen LogP contribution is 2.32. The van der Waals surface area contributed by atoms with Gasteiger partial charge in [0.1, 0.15) is 0 Å². The fourth-order valence-electron chi connectivity index (χ4n) is 2.98. The van der Waals surface area contributed by atoms with Crippen molar-refractivity contribution in [3.63, 3.8) is 0 Å². The topological polar surface area (TPSA) is 35.6 Å². The van der Waals surface area contributed by atoms with E-state index in [1.54, 1.807) is 6.07 Å². The van der Waals surface area contributed by atoms with Crippen LogP contribution in [-0.2, 0) is 6.54 Å². The van der Waals surface area contributed by atoms with Crippen molar-refractivity contribution < 1.29 is 4.79 Å². The van der Waals surface area contributed by atoms with Crippen LogP contribution in [0.25, 0.3) is 0 Å². The Morgan fingerprint density at radius 2 is 1.76 bits per heavy atom. The number of nitrogens with one attached hydrogen (secondary N) is 1. The largest absolute Gasteiger partial charge is 0.367 e. The van der Waals surface area contributed by atoms with Gasteiger partial charge in [-0.25, -0.2) is 4.79 Å². The third kappa shape index (κ3) is 4.20. The van der Waals surface area contributed by atoms with Crippen LogP contribution in [0.5, 0.6) is 0 Å². The highest BCUT2D eigenvalue weighted by atomic mass is 35.5. The Kier molecular flexibility index (Phi) is 5.71. The van der Waals surface area contributed by atoms with Gasteiger partial charge in [-0.05, 0) is 30.2 Å². The molecule has 2 aromatic carbocycles. The minimum Gasteiger partial charge on any atom is -0.367 e. The Balaban J connectivity index is 1.54. The standard InChI is InChI=1S/C19H21Cl2N3O/c1-14-5-2-3-6-15(14)13-22-19(25)24-11-9-23(10-12-24)17-8-4-7-16(20)18(17)21/h2-8H,9-13H2,1H3,(H,22,25). The Hall–Kier alpha value is -1.91. The normalized spacial score (nSPS) is 14.5. The molecule has 0 radical (unpaired) electrons. The quantitative estimate of drug-likeness (QED) is 0.863. The van der Waals surface area contributed by atoms with Gasteiger partial charge < -0.3 is 15.1 Å². The molecule has 0 saturated carbocycles. The van der Waals surface area contributed by atoms with Crippen molar-refractivity contribution in [3.05, 3.63) is 63.6 Å². The van der Waals surface area contributed by atoms with Crippen LogP contribution in [-0.4, -0.2) is 37.1 Å². The van der Waals surface area contributed by atoms with Crippen LogP contribution >= 0.6 is 23.2 Å². The van der Waals surface area contributed by atoms with Gasteiger partial charge in [-0.15, -0.1) is 0 Å². The molecule has 1 aliphatic heterocycles. The Morgan fingerprint density at radius 3 is 2.48 bits per heavy atom. The highest BCUT2D eigenvalue weighted by molar-refractivity contribution is 6.43. The lowest BCUT2D eigenvalue weighted by Crippen LogP contribution is -2.51. The van der Waals surface area contributed by atoms with E-state index in [4.69, 9.17) is 23.2 Å². The number of hydrogen-bond donors (Lipinski definition) is 1. The van der Waals surface area contributed by atoms with Gasteiger partial charge in [0.2, 0.25) is 0 Å². The van der Waals surface area contributed by atoms with Crippen molar-refractivity contribution in [2.75, 3.05) is 31.1 Å². The zero-order chi connectivity index (χ0) is 17.8. The number of benzene rings is 2. The zero-order valence-electron chi connectivity index (χ0n) is 14.1. The summed E-state index contributed by atoms with van der Waals surface area (Å²) < 4.78 is 0. The number of hydrogen-bond acceptors (Lipinski definition) is 2. The molecule has 1 fully saturated rings. The molecule has 25 heavy (non-hydrogen) atoms. The predicted molar refractivity (Wildman–Crippen MR) is 104 cm³/mol. The van der Waals surface area contributed by atoms with E-state index in [0.29, 0.717) is 29.7 Å². The Morgan fingerprint density at radius 1 is 1.04 bits per heavy atom. The number of amides is 2. The monoisotopic (exact) mass is 377 g/mol. The molecule has 2 amide bonds. The molecule has 1 heterocycles. The maximum absolute atomic E-state index is 12.4. The third-order valence-corrected chi connectivity index (χ3v) is 5.34. The first-order valence-corrected chi connectivity index (χ1v) is 9.08. The Bertz CT molecular complexity index is 758. The fraction of sp³-hybridized carbons (Fsp3) is 0.316. The summed E-state index contributed by atoms with van der Waals surface area (Å²) in [5, 5.41) is 4.13. The van der Waals surface area contributed by atoms with Crippen LogP contribution in [0, 0.1) is 6.92 Å². The van der Waals surface area contributed by atoms with E-state index >= 15 is 0 Å². The second-order valence-corrected chi connectivity index (χ2v) is 6.92. The number of anilines is 1. The fourth-order valence-corrected chi connectivity index (χ4v) is 3.39. The maximum Gasteiger partial charge on any atom is 0.317 e. The van der Waals surface area contributed by atoms with Crippen molar-refractivity contribution in [1.82, 2.24) is 10.2 Å². The first kappa shape index (κ1) is 17.9. The highest BCUT2D eigenvalue weighted by Gasteiger charge is 2.22. The first-order chi connectivity index (χ1) is 12.1. The summed E-state index contributed by atoms with van der Waals surface area (Å²) >= 11 is 12.4. The Labute approximate surface area is 158 Å². The maximum atomic E-state index is 12.4. The zero-order valence-corrected chi connectivity index (χ0v) is 15.6. The average molecular weight is 378 g/mol. The van der Waals surface area contributed by atoms with E-state index in [0.717, 1.165) is 24.3 Å². The molecule has 0 spiro atoms. The number of urea groups is 1. The van der Waals surface area contributed by atoms with Gasteiger partial charge in [-0.1, -0.05) is 53.5 Å². The molecule has 0 atom stereocenters. The molecular weight excluding hydrogens is 357 g/mol. The summed E-state index contributed by atoms with van der Waals surface area (Å²) in [4.78, 5) is 16.4. The molecule has 132 valence electrons. The van der Waals surface area contributed by atoms with Gasteiger partial charge in [0, 0.05) is 32.7 Å². The van der Waals surface area contributed by atoms with E-state index in [1.807, 2.05) is 35.2 Å². The average Bonchev–Trinajstić information content (AvgIpc) is 2.63. The first-order valence-electron chi connectivity index (χ1n) is 8.32. The lowest BCUT2D eigenvalue weighted by Gasteiger charge is -2.36. The summed E-state index contributed by atoms with van der Waals surface area (Å²) in [7, 11) is 0. The molecule has 4 nitrogen and oxygen atoms in total. The van der Waals surface area contributed by atoms with E-state index in [2.05, 4.69) is 23.2 Å². The van der Waals surface area contributed by atoms with Gasteiger partial charge in [0.05, 0.1) is 15.7 Å². The smallest absolute Gasteiger partial charge is 0.317 e. The van der Waals surface area contributed by atoms with Crippen LogP contribution in [0.2, 0.25) is 10.0 Å². The van der Waals surface area contributed by atoms with Crippen molar-refractivity contribution >= 4 is 34.9 Å². The van der Waals surface area contributed by atoms with Crippen molar-refractivity contribution in [1.29, 1.82) is 0 Å². The number of nitrogens with zero attached hydrogens (tertiary/aromatic N) is 2. The number of carbonyl (C=O) groups is 1. The number of rotatable bonds is 3. The molecule has 0 aliphatic carbocycles. The van der Waals surface area contributed by atoms with Crippen molar-refractivity contribution in [2.24, 2.45) is 0 Å². The van der Waals surface area contributed by atoms with E-state index in [-0.39, 0.29) is 6.03 Å². The molecular formula is C19H21Cl2N3O. The van der Waals surface area contributed by atoms with Gasteiger partial charge in [-0.2, -0.15) is 0 Å². The van der Waals surface area contributed by atoms with E-state index in [9.17, 15) is 4.79 Å². The second kappa shape index (κ2) is 7.98. The van der Waals surface area contributed by atoms with Gasteiger partial charge in [-0.3, -0.25) is 0 Å². The van der Waals surface area contributed by atoms with Crippen molar-refractivity contribution in [3.8, 4) is 0 Å². The van der Waals surface area contributed by atoms with Crippen LogP contribution in [0.4, 0.5) is 10.5 Å². The molecule has 3 rings (SSSR count). The van der Waals surface area contributed by atoms with Gasteiger partial charge in [0.15, 0.2) is 0 Å². The lowest BCUT2D eigenvalue weighted by molar-refractivity contribution is 0.194. The van der Waals surface area contributed by atoms with E-state index in [1.165, 1.54) is 5.56 Å². The third-order valence-electron chi connectivity index (χ3n) is 4.53. The number of halogens is 2. The summed E-state index contributed by atoms with van der Waals surface area (Å²) in [5.74, 6) is 0. The molecule has 1 saturated heterocycles. The van der Waals surface area contributed by atoms with Crippen LogP contribution in [0.15, 0.2) is 42.5 Å². The van der Waals surface area contributed by atoms with Gasteiger partial charge in [0.25, 0.3) is 0 Å². The lowest BCUT2D eigenvalue weighted by atomic mass is 10.1.